The Balaban J connectivity index is 3.31. The smallest absolute Gasteiger partial charge is 0.207 e. The third-order valence-electron chi connectivity index (χ3n) is 2.33. The lowest BCUT2D eigenvalue weighted by Gasteiger charge is -2.23. The predicted molar refractivity (Wildman–Crippen MR) is 84.3 cm³/mol. The largest absolute Gasteiger partial charge is 0.551 e. The fourth-order valence-corrected chi connectivity index (χ4v) is 2.05. The standard InChI is InChI=1S/C15H26O4Si/c1-9(2)16-12-7-8-13(19-20)15(18-11(5)6)14(12)17-10(3)4/h7-11H,1-6,20H3. The van der Waals surface area contributed by atoms with Crippen LogP contribution in [0.4, 0.5) is 0 Å². The molecular formula is C15H26O4Si. The van der Waals surface area contributed by atoms with Gasteiger partial charge in [-0.1, -0.05) is 0 Å². The molecule has 5 heteroatoms. The lowest BCUT2D eigenvalue weighted by Crippen LogP contribution is -2.14. The molecule has 0 bridgehead atoms. The van der Waals surface area contributed by atoms with Crippen molar-refractivity contribution in [3.05, 3.63) is 12.1 Å². The Kier molecular flexibility index (Phi) is 6.20. The molecule has 0 aliphatic carbocycles. The van der Waals surface area contributed by atoms with Crippen molar-refractivity contribution in [2.45, 2.75) is 59.9 Å². The molecule has 4 nitrogen and oxygen atoms in total. The van der Waals surface area contributed by atoms with Crippen LogP contribution in [-0.4, -0.2) is 28.8 Å². The Morgan fingerprint density at radius 3 is 1.50 bits per heavy atom. The van der Waals surface area contributed by atoms with Crippen LogP contribution in [0.2, 0.25) is 0 Å². The molecule has 1 rings (SSSR count). The molecule has 0 fully saturated rings. The van der Waals surface area contributed by atoms with Gasteiger partial charge in [0.1, 0.15) is 5.75 Å². The van der Waals surface area contributed by atoms with Crippen LogP contribution in [0.5, 0.6) is 23.0 Å². The maximum Gasteiger partial charge on any atom is 0.207 e. The van der Waals surface area contributed by atoms with Gasteiger partial charge in [0.05, 0.1) is 18.3 Å². The Morgan fingerprint density at radius 2 is 1.10 bits per heavy atom. The van der Waals surface area contributed by atoms with Crippen LogP contribution in [0.15, 0.2) is 12.1 Å². The first-order valence-corrected chi connectivity index (χ1v) is 7.87. The van der Waals surface area contributed by atoms with E-state index in [0.717, 1.165) is 0 Å². The van der Waals surface area contributed by atoms with Crippen LogP contribution < -0.4 is 18.6 Å². The van der Waals surface area contributed by atoms with E-state index in [1.54, 1.807) is 0 Å². The van der Waals surface area contributed by atoms with Gasteiger partial charge in [0, 0.05) is 0 Å². The average molecular weight is 298 g/mol. The van der Waals surface area contributed by atoms with Crippen LogP contribution in [0, 0.1) is 0 Å². The zero-order valence-corrected chi connectivity index (χ0v) is 15.5. The van der Waals surface area contributed by atoms with Crippen LogP contribution in [0.25, 0.3) is 0 Å². The van der Waals surface area contributed by atoms with Crippen molar-refractivity contribution in [3.63, 3.8) is 0 Å². The van der Waals surface area contributed by atoms with Gasteiger partial charge in [-0.2, -0.15) is 0 Å². The van der Waals surface area contributed by atoms with Gasteiger partial charge in [0.15, 0.2) is 5.75 Å². The van der Waals surface area contributed by atoms with Crippen molar-refractivity contribution in [3.8, 4) is 23.0 Å². The van der Waals surface area contributed by atoms with E-state index in [1.807, 2.05) is 53.7 Å². The summed E-state index contributed by atoms with van der Waals surface area (Å²) in [6.45, 7) is 11.9. The number of hydrogen-bond acceptors (Lipinski definition) is 4. The summed E-state index contributed by atoms with van der Waals surface area (Å²) in [7, 11) is 0.592. The van der Waals surface area contributed by atoms with Crippen molar-refractivity contribution < 1.29 is 18.6 Å². The molecule has 0 saturated carbocycles. The number of benzene rings is 1. The number of ether oxygens (including phenoxy) is 3. The maximum absolute atomic E-state index is 5.91. The van der Waals surface area contributed by atoms with E-state index >= 15 is 0 Å². The average Bonchev–Trinajstić information content (AvgIpc) is 2.31. The number of hydrogen-bond donors (Lipinski definition) is 0. The third kappa shape index (κ3) is 4.63. The molecule has 0 N–H and O–H groups in total. The highest BCUT2D eigenvalue weighted by Gasteiger charge is 2.21. The lowest BCUT2D eigenvalue weighted by atomic mass is 10.2. The Morgan fingerprint density at radius 1 is 0.700 bits per heavy atom. The second-order valence-electron chi connectivity index (χ2n) is 5.42. The highest BCUT2D eigenvalue weighted by Crippen LogP contribution is 2.45. The van der Waals surface area contributed by atoms with E-state index in [0.29, 0.717) is 33.5 Å². The normalized spacial score (nSPS) is 11.2. The van der Waals surface area contributed by atoms with Gasteiger partial charge in [-0.3, -0.25) is 0 Å². The van der Waals surface area contributed by atoms with Crippen LogP contribution in [-0.2, 0) is 0 Å². The van der Waals surface area contributed by atoms with Crippen molar-refractivity contribution in [2.75, 3.05) is 0 Å². The predicted octanol–water partition coefficient (Wildman–Crippen LogP) is 2.71. The summed E-state index contributed by atoms with van der Waals surface area (Å²) in [5.74, 6) is 2.64. The molecule has 0 amide bonds. The van der Waals surface area contributed by atoms with E-state index < -0.39 is 0 Å². The SMILES string of the molecule is CC(C)Oc1ccc(O[SiH3])c(OC(C)C)c1OC(C)C. The summed E-state index contributed by atoms with van der Waals surface area (Å²) >= 11 is 0. The molecule has 0 unspecified atom stereocenters. The monoisotopic (exact) mass is 298 g/mol. The third-order valence-corrected chi connectivity index (χ3v) is 2.77. The van der Waals surface area contributed by atoms with E-state index in [-0.39, 0.29) is 18.3 Å². The first kappa shape index (κ1) is 16.7. The van der Waals surface area contributed by atoms with Gasteiger partial charge in [-0.05, 0) is 53.7 Å². The Hall–Kier alpha value is -1.36. The minimum Gasteiger partial charge on any atom is -0.551 e. The van der Waals surface area contributed by atoms with Gasteiger partial charge >= 0.3 is 0 Å². The molecular weight excluding hydrogens is 272 g/mol. The van der Waals surface area contributed by atoms with Crippen molar-refractivity contribution in [2.24, 2.45) is 0 Å². The van der Waals surface area contributed by atoms with Crippen LogP contribution in [0.3, 0.4) is 0 Å². The Bertz CT molecular complexity index is 430. The minimum absolute atomic E-state index is 0.0309. The van der Waals surface area contributed by atoms with Gasteiger partial charge in [0.2, 0.25) is 22.0 Å². The summed E-state index contributed by atoms with van der Waals surface area (Å²) < 4.78 is 23.1. The molecule has 0 aliphatic rings. The van der Waals surface area contributed by atoms with E-state index in [4.69, 9.17) is 18.6 Å². The zero-order valence-electron chi connectivity index (χ0n) is 13.5. The molecule has 114 valence electrons. The summed E-state index contributed by atoms with van der Waals surface area (Å²) in [4.78, 5) is 0. The zero-order chi connectivity index (χ0) is 15.3. The highest BCUT2D eigenvalue weighted by molar-refractivity contribution is 6.00. The van der Waals surface area contributed by atoms with Crippen LogP contribution >= 0.6 is 0 Å². The van der Waals surface area contributed by atoms with E-state index in [2.05, 4.69) is 0 Å². The van der Waals surface area contributed by atoms with Gasteiger partial charge in [0.25, 0.3) is 0 Å². The van der Waals surface area contributed by atoms with Crippen molar-refractivity contribution >= 4 is 10.5 Å². The number of rotatable bonds is 7. The first-order valence-electron chi connectivity index (χ1n) is 7.06. The van der Waals surface area contributed by atoms with Crippen LogP contribution in [0.1, 0.15) is 41.5 Å². The molecule has 20 heavy (non-hydrogen) atoms. The molecule has 1 aromatic carbocycles. The fraction of sp³-hybridized carbons (Fsp3) is 0.600. The first-order chi connectivity index (χ1) is 9.35. The molecule has 0 aromatic heterocycles. The Labute approximate surface area is 124 Å². The molecule has 0 saturated heterocycles. The van der Waals surface area contributed by atoms with Crippen molar-refractivity contribution in [1.29, 1.82) is 0 Å². The second-order valence-corrected chi connectivity index (χ2v) is 5.83. The summed E-state index contributed by atoms with van der Waals surface area (Å²) in [5.41, 5.74) is 0. The van der Waals surface area contributed by atoms with E-state index in [9.17, 15) is 0 Å². The van der Waals surface area contributed by atoms with Crippen molar-refractivity contribution in [1.82, 2.24) is 0 Å². The summed E-state index contributed by atoms with van der Waals surface area (Å²) in [6.07, 6.45) is 0.136. The van der Waals surface area contributed by atoms with E-state index in [1.165, 1.54) is 0 Å². The lowest BCUT2D eigenvalue weighted by molar-refractivity contribution is 0.174. The molecule has 0 aliphatic heterocycles. The molecule has 0 radical (unpaired) electrons. The van der Waals surface area contributed by atoms with Gasteiger partial charge < -0.3 is 18.6 Å². The minimum atomic E-state index is 0.0309. The quantitative estimate of drug-likeness (QED) is 0.725. The second kappa shape index (κ2) is 7.43. The topological polar surface area (TPSA) is 36.9 Å². The molecule has 1 aromatic rings. The molecule has 0 atom stereocenters. The maximum atomic E-state index is 5.91. The summed E-state index contributed by atoms with van der Waals surface area (Å²) in [5, 5.41) is 0. The molecule has 0 spiro atoms. The van der Waals surface area contributed by atoms with Gasteiger partial charge in [-0.25, -0.2) is 0 Å². The fourth-order valence-electron chi connectivity index (χ4n) is 1.73. The summed E-state index contributed by atoms with van der Waals surface area (Å²) in [6, 6.07) is 3.74. The molecule has 0 heterocycles. The highest BCUT2D eigenvalue weighted by atomic mass is 28.2. The van der Waals surface area contributed by atoms with Gasteiger partial charge in [-0.15, -0.1) is 0 Å².